The molecule has 0 saturated heterocycles. The van der Waals surface area contributed by atoms with E-state index < -0.39 is 10.0 Å². The van der Waals surface area contributed by atoms with Gasteiger partial charge in [0.05, 0.1) is 11.4 Å². The molecule has 0 amide bonds. The summed E-state index contributed by atoms with van der Waals surface area (Å²) in [6.07, 6.45) is 0.906. The first-order valence-electron chi connectivity index (χ1n) is 9.46. The van der Waals surface area contributed by atoms with Gasteiger partial charge in [-0.1, -0.05) is 41.5 Å². The van der Waals surface area contributed by atoms with E-state index in [1.54, 1.807) is 18.2 Å². The molecule has 7 heteroatoms. The first-order chi connectivity index (χ1) is 13.3. The summed E-state index contributed by atoms with van der Waals surface area (Å²) in [6, 6.07) is 13.4. The molecule has 2 rings (SSSR count). The van der Waals surface area contributed by atoms with E-state index in [-0.39, 0.29) is 4.90 Å². The second kappa shape index (κ2) is 10.2. The van der Waals surface area contributed by atoms with Crippen LogP contribution in [0.5, 0.6) is 0 Å². The summed E-state index contributed by atoms with van der Waals surface area (Å²) >= 11 is 0. The summed E-state index contributed by atoms with van der Waals surface area (Å²) in [5.74, 6) is 0.716. The van der Waals surface area contributed by atoms with Crippen molar-refractivity contribution in [1.29, 1.82) is 0 Å². The van der Waals surface area contributed by atoms with E-state index in [1.165, 1.54) is 23.7 Å². The third kappa shape index (κ3) is 6.65. The summed E-state index contributed by atoms with van der Waals surface area (Å²) < 4.78 is 26.2. The van der Waals surface area contributed by atoms with Gasteiger partial charge >= 0.3 is 0 Å². The fourth-order valence-corrected chi connectivity index (χ4v) is 3.78. The van der Waals surface area contributed by atoms with Crippen LogP contribution >= 0.6 is 0 Å². The minimum Gasteiger partial charge on any atom is -0.357 e. The van der Waals surface area contributed by atoms with Crippen LogP contribution in [0.4, 0.5) is 0 Å². The highest BCUT2D eigenvalue weighted by molar-refractivity contribution is 7.89. The first kappa shape index (κ1) is 21.9. The lowest BCUT2D eigenvalue weighted by Crippen LogP contribution is -2.38. The average Bonchev–Trinajstić information content (AvgIpc) is 2.65. The van der Waals surface area contributed by atoms with Crippen LogP contribution < -0.4 is 15.4 Å². The highest BCUT2D eigenvalue weighted by atomic mass is 32.2. The van der Waals surface area contributed by atoms with Gasteiger partial charge in [-0.2, -0.15) is 0 Å². The second-order valence-corrected chi connectivity index (χ2v) is 8.61. The van der Waals surface area contributed by atoms with Gasteiger partial charge in [-0.25, -0.2) is 18.1 Å². The predicted octanol–water partition coefficient (Wildman–Crippen LogP) is 2.51. The lowest BCUT2D eigenvalue weighted by Gasteiger charge is -2.12. The SMILES string of the molecule is CCNC(=NCc1cccc(S(=O)(=O)NC)c1)NCCc1cc(C)cc(C)c1. The zero-order valence-corrected chi connectivity index (χ0v) is 17.9. The van der Waals surface area contributed by atoms with Crippen molar-refractivity contribution in [2.45, 2.75) is 38.6 Å². The van der Waals surface area contributed by atoms with Crippen molar-refractivity contribution in [3.63, 3.8) is 0 Å². The van der Waals surface area contributed by atoms with Gasteiger partial charge in [0.1, 0.15) is 0 Å². The van der Waals surface area contributed by atoms with Crippen molar-refractivity contribution < 1.29 is 8.42 Å². The molecule has 0 saturated carbocycles. The Hall–Kier alpha value is -2.38. The quantitative estimate of drug-likeness (QED) is 0.468. The number of hydrogen-bond donors (Lipinski definition) is 3. The van der Waals surface area contributed by atoms with Gasteiger partial charge in [0.15, 0.2) is 5.96 Å². The molecular weight excluding hydrogens is 372 g/mol. The van der Waals surface area contributed by atoms with E-state index in [0.29, 0.717) is 12.5 Å². The molecule has 6 nitrogen and oxygen atoms in total. The smallest absolute Gasteiger partial charge is 0.240 e. The molecule has 0 radical (unpaired) electrons. The van der Waals surface area contributed by atoms with E-state index in [1.807, 2.05) is 13.0 Å². The van der Waals surface area contributed by atoms with E-state index in [4.69, 9.17) is 0 Å². The van der Waals surface area contributed by atoms with Gasteiger partial charge < -0.3 is 10.6 Å². The molecule has 0 spiro atoms. The van der Waals surface area contributed by atoms with Crippen molar-refractivity contribution >= 4 is 16.0 Å². The number of rotatable bonds is 8. The van der Waals surface area contributed by atoms with Gasteiger partial charge in [-0.3, -0.25) is 0 Å². The Labute approximate surface area is 168 Å². The maximum Gasteiger partial charge on any atom is 0.240 e. The molecule has 0 aliphatic heterocycles. The Bertz CT molecular complexity index is 904. The van der Waals surface area contributed by atoms with Crippen LogP contribution in [0.3, 0.4) is 0 Å². The molecule has 2 aromatic rings. The lowest BCUT2D eigenvalue weighted by molar-refractivity contribution is 0.588. The van der Waals surface area contributed by atoms with Gasteiger partial charge in [-0.15, -0.1) is 0 Å². The summed E-state index contributed by atoms with van der Waals surface area (Å²) in [5.41, 5.74) is 4.67. The highest BCUT2D eigenvalue weighted by Gasteiger charge is 2.11. The third-order valence-corrected chi connectivity index (χ3v) is 5.64. The Morgan fingerprint density at radius 2 is 1.71 bits per heavy atom. The summed E-state index contributed by atoms with van der Waals surface area (Å²) in [7, 11) is -2.05. The molecule has 28 heavy (non-hydrogen) atoms. The minimum atomic E-state index is -3.45. The van der Waals surface area contributed by atoms with Crippen molar-refractivity contribution in [2.75, 3.05) is 20.1 Å². The topological polar surface area (TPSA) is 82.6 Å². The summed E-state index contributed by atoms with van der Waals surface area (Å²) in [4.78, 5) is 4.82. The second-order valence-electron chi connectivity index (χ2n) is 6.72. The van der Waals surface area contributed by atoms with Crippen molar-refractivity contribution in [3.05, 3.63) is 64.7 Å². The monoisotopic (exact) mass is 402 g/mol. The molecule has 0 aliphatic carbocycles. The minimum absolute atomic E-state index is 0.246. The van der Waals surface area contributed by atoms with E-state index in [9.17, 15) is 8.42 Å². The van der Waals surface area contributed by atoms with Crippen LogP contribution in [0.25, 0.3) is 0 Å². The van der Waals surface area contributed by atoms with Crippen LogP contribution in [0, 0.1) is 13.8 Å². The molecule has 0 aromatic heterocycles. The zero-order chi connectivity index (χ0) is 20.6. The number of hydrogen-bond acceptors (Lipinski definition) is 3. The number of aliphatic imine (C=N–C) groups is 1. The standard InChI is InChI=1S/C21H30N4O2S/c1-5-23-21(24-10-9-18-12-16(2)11-17(3)13-18)25-15-19-7-6-8-20(14-19)28(26,27)22-4/h6-8,11-14,22H,5,9-10,15H2,1-4H3,(H2,23,24,25). The number of guanidine groups is 1. The van der Waals surface area contributed by atoms with Crippen LogP contribution in [0.15, 0.2) is 52.4 Å². The number of sulfonamides is 1. The average molecular weight is 403 g/mol. The zero-order valence-electron chi connectivity index (χ0n) is 17.0. The van der Waals surface area contributed by atoms with Crippen LogP contribution in [-0.2, 0) is 23.0 Å². The normalized spacial score (nSPS) is 12.1. The van der Waals surface area contributed by atoms with Gasteiger partial charge in [0, 0.05) is 13.1 Å². The Morgan fingerprint density at radius 3 is 2.36 bits per heavy atom. The Morgan fingerprint density at radius 1 is 1.00 bits per heavy atom. The van der Waals surface area contributed by atoms with Crippen LogP contribution in [0.2, 0.25) is 0 Å². The van der Waals surface area contributed by atoms with E-state index in [2.05, 4.69) is 52.4 Å². The maximum atomic E-state index is 11.9. The van der Waals surface area contributed by atoms with Gasteiger partial charge in [0.2, 0.25) is 10.0 Å². The maximum absolute atomic E-state index is 11.9. The molecule has 152 valence electrons. The number of aryl methyl sites for hydroxylation is 2. The summed E-state index contributed by atoms with van der Waals surface area (Å²) in [6.45, 7) is 8.15. The predicted molar refractivity (Wildman–Crippen MR) is 115 cm³/mol. The molecule has 0 fully saturated rings. The molecule has 0 bridgehead atoms. The van der Waals surface area contributed by atoms with E-state index in [0.717, 1.165) is 25.1 Å². The van der Waals surface area contributed by atoms with Crippen molar-refractivity contribution in [3.8, 4) is 0 Å². The fourth-order valence-electron chi connectivity index (χ4n) is 2.98. The molecule has 3 N–H and O–H groups in total. The lowest BCUT2D eigenvalue weighted by atomic mass is 10.1. The van der Waals surface area contributed by atoms with Crippen molar-refractivity contribution in [1.82, 2.24) is 15.4 Å². The molecular formula is C21H30N4O2S. The van der Waals surface area contributed by atoms with Gasteiger partial charge in [-0.05, 0) is 57.5 Å². The molecule has 0 heterocycles. The molecule has 0 atom stereocenters. The third-order valence-electron chi connectivity index (χ3n) is 4.23. The van der Waals surface area contributed by atoms with Crippen molar-refractivity contribution in [2.24, 2.45) is 4.99 Å². The largest absolute Gasteiger partial charge is 0.357 e. The number of nitrogens with one attached hydrogen (secondary N) is 3. The number of nitrogens with zero attached hydrogens (tertiary/aromatic N) is 1. The van der Waals surface area contributed by atoms with E-state index >= 15 is 0 Å². The molecule has 0 unspecified atom stereocenters. The van der Waals surface area contributed by atoms with Gasteiger partial charge in [0.25, 0.3) is 0 Å². The molecule has 0 aliphatic rings. The first-order valence-corrected chi connectivity index (χ1v) is 10.9. The van der Waals surface area contributed by atoms with Crippen LogP contribution in [-0.4, -0.2) is 34.5 Å². The fraction of sp³-hybridized carbons (Fsp3) is 0.381. The highest BCUT2D eigenvalue weighted by Crippen LogP contribution is 2.12. The Balaban J connectivity index is 2.01. The summed E-state index contributed by atoms with van der Waals surface area (Å²) in [5, 5.41) is 6.57. The van der Waals surface area contributed by atoms with Crippen LogP contribution in [0.1, 0.15) is 29.2 Å². The molecule has 2 aromatic carbocycles. The Kier molecular flexibility index (Phi) is 8.02. The number of benzene rings is 2.